The second kappa shape index (κ2) is 5.34. The number of nitrogens with one attached hydrogen (secondary N) is 1. The zero-order valence-corrected chi connectivity index (χ0v) is 10.4. The normalized spacial score (nSPS) is 13.6. The van der Waals surface area contributed by atoms with Crippen LogP contribution in [0.5, 0.6) is 0 Å². The van der Waals surface area contributed by atoms with Crippen molar-refractivity contribution in [1.29, 1.82) is 0 Å². The largest absolute Gasteiger partial charge is 0.372 e. The Morgan fingerprint density at radius 1 is 0.833 bits per heavy atom. The lowest BCUT2D eigenvalue weighted by Crippen LogP contribution is -2.12. The maximum Gasteiger partial charge on any atom is 0.0725 e. The van der Waals surface area contributed by atoms with Gasteiger partial charge < -0.3 is 10.1 Å². The number of rotatable bonds is 4. The Labute approximate surface area is 108 Å². The lowest BCUT2D eigenvalue weighted by Gasteiger charge is -2.06. The molecule has 0 unspecified atom stereocenters. The molecule has 1 aliphatic heterocycles. The highest BCUT2D eigenvalue weighted by Gasteiger charge is 2.10. The van der Waals surface area contributed by atoms with Crippen molar-refractivity contribution in [1.82, 2.24) is 5.32 Å². The van der Waals surface area contributed by atoms with Crippen molar-refractivity contribution in [2.75, 3.05) is 0 Å². The summed E-state index contributed by atoms with van der Waals surface area (Å²) in [6.45, 7) is 3.35. The molecule has 0 radical (unpaired) electrons. The lowest BCUT2D eigenvalue weighted by atomic mass is 10.1. The van der Waals surface area contributed by atoms with Crippen LogP contribution in [-0.2, 0) is 31.0 Å². The van der Waals surface area contributed by atoms with E-state index in [1.807, 2.05) is 6.07 Å². The molecule has 2 nitrogen and oxygen atoms in total. The zero-order valence-electron chi connectivity index (χ0n) is 10.4. The van der Waals surface area contributed by atoms with Gasteiger partial charge in [0.2, 0.25) is 0 Å². The molecule has 1 heterocycles. The maximum absolute atomic E-state index is 5.42. The van der Waals surface area contributed by atoms with Crippen molar-refractivity contribution in [2.45, 2.75) is 26.3 Å². The molecule has 1 N–H and O–H groups in total. The van der Waals surface area contributed by atoms with E-state index in [-0.39, 0.29) is 0 Å². The van der Waals surface area contributed by atoms with E-state index in [0.717, 1.165) is 26.3 Å². The average molecular weight is 239 g/mol. The van der Waals surface area contributed by atoms with E-state index in [0.29, 0.717) is 0 Å². The quantitative estimate of drug-likeness (QED) is 0.885. The maximum atomic E-state index is 5.42. The SMILES string of the molecule is c1ccc(CNCc2ccc3c(c2)COC3)cc1. The Kier molecular flexibility index (Phi) is 3.40. The van der Waals surface area contributed by atoms with Crippen LogP contribution in [-0.4, -0.2) is 0 Å². The van der Waals surface area contributed by atoms with E-state index >= 15 is 0 Å². The first-order valence-corrected chi connectivity index (χ1v) is 6.35. The van der Waals surface area contributed by atoms with Crippen LogP contribution in [0.1, 0.15) is 22.3 Å². The summed E-state index contributed by atoms with van der Waals surface area (Å²) in [4.78, 5) is 0. The van der Waals surface area contributed by atoms with Gasteiger partial charge in [0.05, 0.1) is 13.2 Å². The third kappa shape index (κ3) is 2.61. The molecule has 0 saturated heterocycles. The molecule has 2 heteroatoms. The van der Waals surface area contributed by atoms with Gasteiger partial charge in [0.15, 0.2) is 0 Å². The van der Waals surface area contributed by atoms with Gasteiger partial charge in [-0.25, -0.2) is 0 Å². The molecule has 0 aliphatic carbocycles. The minimum Gasteiger partial charge on any atom is -0.372 e. The first-order chi connectivity index (χ1) is 8.92. The number of hydrogen-bond acceptors (Lipinski definition) is 2. The summed E-state index contributed by atoms with van der Waals surface area (Å²) in [5, 5.41) is 3.47. The van der Waals surface area contributed by atoms with Crippen molar-refractivity contribution in [3.8, 4) is 0 Å². The minimum atomic E-state index is 0.766. The Morgan fingerprint density at radius 2 is 1.61 bits per heavy atom. The van der Waals surface area contributed by atoms with Crippen LogP contribution in [0.15, 0.2) is 48.5 Å². The van der Waals surface area contributed by atoms with E-state index in [2.05, 4.69) is 47.8 Å². The molecule has 0 bridgehead atoms. The van der Waals surface area contributed by atoms with Gasteiger partial charge in [-0.3, -0.25) is 0 Å². The molecular weight excluding hydrogens is 222 g/mol. The van der Waals surface area contributed by atoms with E-state index in [4.69, 9.17) is 4.74 Å². The predicted molar refractivity (Wildman–Crippen MR) is 71.9 cm³/mol. The fraction of sp³-hybridized carbons (Fsp3) is 0.250. The average Bonchev–Trinajstić information content (AvgIpc) is 2.87. The van der Waals surface area contributed by atoms with Crippen LogP contribution in [0.25, 0.3) is 0 Å². The highest BCUT2D eigenvalue weighted by molar-refractivity contribution is 5.33. The van der Waals surface area contributed by atoms with Crippen LogP contribution in [0.3, 0.4) is 0 Å². The second-order valence-corrected chi connectivity index (χ2v) is 4.69. The molecule has 0 atom stereocenters. The van der Waals surface area contributed by atoms with Crippen molar-refractivity contribution in [3.63, 3.8) is 0 Å². The predicted octanol–water partition coefficient (Wildman–Crippen LogP) is 3.01. The molecular formula is C16H17NO. The Bertz CT molecular complexity index is 522. The van der Waals surface area contributed by atoms with Gasteiger partial charge in [0.25, 0.3) is 0 Å². The summed E-state index contributed by atoms with van der Waals surface area (Å²) in [7, 11) is 0. The van der Waals surface area contributed by atoms with E-state index in [1.54, 1.807) is 0 Å². The van der Waals surface area contributed by atoms with Gasteiger partial charge in [-0.05, 0) is 22.3 Å². The molecule has 0 fully saturated rings. The van der Waals surface area contributed by atoms with E-state index in [1.165, 1.54) is 22.3 Å². The fourth-order valence-electron chi connectivity index (χ4n) is 2.28. The van der Waals surface area contributed by atoms with Crippen LogP contribution in [0, 0.1) is 0 Å². The van der Waals surface area contributed by atoms with Crippen LogP contribution >= 0.6 is 0 Å². The van der Waals surface area contributed by atoms with Crippen LogP contribution < -0.4 is 5.32 Å². The van der Waals surface area contributed by atoms with Gasteiger partial charge in [-0.1, -0.05) is 48.5 Å². The van der Waals surface area contributed by atoms with Gasteiger partial charge in [0, 0.05) is 13.1 Å². The molecule has 1 aliphatic rings. The number of benzene rings is 2. The van der Waals surface area contributed by atoms with Gasteiger partial charge in [0.1, 0.15) is 0 Å². The second-order valence-electron chi connectivity index (χ2n) is 4.69. The third-order valence-corrected chi connectivity index (χ3v) is 3.29. The molecule has 2 aromatic carbocycles. The molecule has 3 rings (SSSR count). The molecule has 0 spiro atoms. The van der Waals surface area contributed by atoms with Crippen molar-refractivity contribution in [2.24, 2.45) is 0 Å². The van der Waals surface area contributed by atoms with Gasteiger partial charge in [-0.2, -0.15) is 0 Å². The fourth-order valence-corrected chi connectivity index (χ4v) is 2.28. The number of fused-ring (bicyclic) bond motifs is 1. The Morgan fingerprint density at radius 3 is 2.50 bits per heavy atom. The molecule has 0 amide bonds. The monoisotopic (exact) mass is 239 g/mol. The summed E-state index contributed by atoms with van der Waals surface area (Å²) in [5.41, 5.74) is 5.33. The van der Waals surface area contributed by atoms with Gasteiger partial charge in [-0.15, -0.1) is 0 Å². The van der Waals surface area contributed by atoms with Gasteiger partial charge >= 0.3 is 0 Å². The Hall–Kier alpha value is -1.64. The Balaban J connectivity index is 1.57. The van der Waals surface area contributed by atoms with Crippen molar-refractivity contribution >= 4 is 0 Å². The topological polar surface area (TPSA) is 21.3 Å². The van der Waals surface area contributed by atoms with E-state index in [9.17, 15) is 0 Å². The highest BCUT2D eigenvalue weighted by atomic mass is 16.5. The summed E-state index contributed by atoms with van der Waals surface area (Å²) in [6, 6.07) is 17.1. The first kappa shape index (κ1) is 11.5. The molecule has 18 heavy (non-hydrogen) atoms. The standard InChI is InChI=1S/C16H17NO/c1-2-4-13(5-3-1)9-17-10-14-6-7-15-11-18-12-16(15)8-14/h1-8,17H,9-12H2. The highest BCUT2D eigenvalue weighted by Crippen LogP contribution is 2.20. The summed E-state index contributed by atoms with van der Waals surface area (Å²) in [6.07, 6.45) is 0. The smallest absolute Gasteiger partial charge is 0.0725 e. The molecule has 0 saturated carbocycles. The lowest BCUT2D eigenvalue weighted by molar-refractivity contribution is 0.134. The van der Waals surface area contributed by atoms with Crippen molar-refractivity contribution in [3.05, 3.63) is 70.8 Å². The number of ether oxygens (including phenoxy) is 1. The molecule has 2 aromatic rings. The van der Waals surface area contributed by atoms with Crippen LogP contribution in [0.2, 0.25) is 0 Å². The van der Waals surface area contributed by atoms with E-state index < -0.39 is 0 Å². The van der Waals surface area contributed by atoms with Crippen LogP contribution in [0.4, 0.5) is 0 Å². The molecule has 92 valence electrons. The zero-order chi connectivity index (χ0) is 12.2. The number of hydrogen-bond donors (Lipinski definition) is 1. The van der Waals surface area contributed by atoms with Crippen molar-refractivity contribution < 1.29 is 4.74 Å². The summed E-state index contributed by atoms with van der Waals surface area (Å²) in [5.74, 6) is 0. The summed E-state index contributed by atoms with van der Waals surface area (Å²) < 4.78 is 5.42. The molecule has 0 aromatic heterocycles. The third-order valence-electron chi connectivity index (χ3n) is 3.29. The first-order valence-electron chi connectivity index (χ1n) is 6.35. The minimum absolute atomic E-state index is 0.766. The summed E-state index contributed by atoms with van der Waals surface area (Å²) >= 11 is 0.